The second-order valence-electron chi connectivity index (χ2n) is 7.40. The zero-order chi connectivity index (χ0) is 18.9. The number of hydrogen-bond donors (Lipinski definition) is 0. The van der Waals surface area contributed by atoms with Crippen LogP contribution in [0.5, 0.6) is 0 Å². The summed E-state index contributed by atoms with van der Waals surface area (Å²) in [4.78, 5) is 29.7. The van der Waals surface area contributed by atoms with Crippen LogP contribution in [0, 0.1) is 0 Å². The van der Waals surface area contributed by atoms with Crippen molar-refractivity contribution >= 4 is 17.5 Å². The van der Waals surface area contributed by atoms with Gasteiger partial charge in [0.05, 0.1) is 5.41 Å². The molecule has 4 heteroatoms. The highest BCUT2D eigenvalue weighted by atomic mass is 16.2. The maximum atomic E-state index is 13.4. The number of fused-ring (bicyclic) bond motifs is 1. The van der Waals surface area contributed by atoms with Crippen LogP contribution in [0.25, 0.3) is 0 Å². The molecule has 0 spiro atoms. The molecule has 1 aliphatic heterocycles. The van der Waals surface area contributed by atoms with Crippen LogP contribution in [-0.2, 0) is 21.4 Å². The minimum Gasteiger partial charge on any atom is -0.343 e. The van der Waals surface area contributed by atoms with Crippen molar-refractivity contribution in [2.45, 2.75) is 38.1 Å². The van der Waals surface area contributed by atoms with Gasteiger partial charge >= 0.3 is 0 Å². The van der Waals surface area contributed by atoms with E-state index < -0.39 is 5.41 Å². The number of hydrogen-bond acceptors (Lipinski definition) is 2. The summed E-state index contributed by atoms with van der Waals surface area (Å²) in [5.41, 5.74) is 2.05. The molecule has 1 aliphatic rings. The van der Waals surface area contributed by atoms with Crippen LogP contribution in [0.4, 0.5) is 5.69 Å². The molecule has 0 bridgehead atoms. The van der Waals surface area contributed by atoms with Crippen LogP contribution < -0.4 is 4.90 Å². The first kappa shape index (κ1) is 18.2. The minimum absolute atomic E-state index is 0.00520. The van der Waals surface area contributed by atoms with Gasteiger partial charge in [0.2, 0.25) is 11.8 Å². The van der Waals surface area contributed by atoms with E-state index in [-0.39, 0.29) is 24.3 Å². The molecule has 136 valence electrons. The molecule has 1 heterocycles. The highest BCUT2D eigenvalue weighted by Gasteiger charge is 2.51. The Labute approximate surface area is 155 Å². The van der Waals surface area contributed by atoms with Crippen LogP contribution in [0.3, 0.4) is 0 Å². The van der Waals surface area contributed by atoms with Crippen molar-refractivity contribution in [3.05, 3.63) is 65.7 Å². The van der Waals surface area contributed by atoms with Crippen molar-refractivity contribution in [3.8, 4) is 0 Å². The van der Waals surface area contributed by atoms with Gasteiger partial charge in [0.1, 0.15) is 0 Å². The van der Waals surface area contributed by atoms with E-state index in [4.69, 9.17) is 0 Å². The van der Waals surface area contributed by atoms with Crippen LogP contribution in [-0.4, -0.2) is 36.9 Å². The molecule has 0 aromatic heterocycles. The van der Waals surface area contributed by atoms with E-state index in [0.717, 1.165) is 16.8 Å². The molecule has 4 nitrogen and oxygen atoms in total. The molecule has 0 fully saturated rings. The smallest absolute Gasteiger partial charge is 0.238 e. The lowest BCUT2D eigenvalue weighted by Gasteiger charge is -2.31. The fourth-order valence-electron chi connectivity index (χ4n) is 3.74. The molecule has 0 saturated carbocycles. The van der Waals surface area contributed by atoms with E-state index >= 15 is 0 Å². The summed E-state index contributed by atoms with van der Waals surface area (Å²) in [6, 6.07) is 17.9. The number of benzene rings is 2. The maximum Gasteiger partial charge on any atom is 0.238 e. The number of carbonyl (C=O) groups is 2. The average Bonchev–Trinajstić information content (AvgIpc) is 2.84. The van der Waals surface area contributed by atoms with E-state index in [9.17, 15) is 9.59 Å². The third-order valence-electron chi connectivity index (χ3n) is 5.46. The Bertz CT molecular complexity index is 816. The Morgan fingerprint density at radius 1 is 1.08 bits per heavy atom. The van der Waals surface area contributed by atoms with Gasteiger partial charge in [0.15, 0.2) is 0 Å². The molecule has 2 aromatic carbocycles. The molecule has 0 saturated heterocycles. The van der Waals surface area contributed by atoms with E-state index in [1.54, 1.807) is 23.9 Å². The monoisotopic (exact) mass is 350 g/mol. The highest BCUT2D eigenvalue weighted by molar-refractivity contribution is 6.09. The summed E-state index contributed by atoms with van der Waals surface area (Å²) < 4.78 is 0. The number of rotatable bonds is 5. The number of anilines is 1. The van der Waals surface area contributed by atoms with E-state index in [0.29, 0.717) is 6.42 Å². The largest absolute Gasteiger partial charge is 0.343 e. The molecule has 2 aromatic rings. The zero-order valence-electron chi connectivity index (χ0n) is 15.9. The molecular formula is C22H26N2O2. The predicted molar refractivity (Wildman–Crippen MR) is 104 cm³/mol. The first-order valence-corrected chi connectivity index (χ1v) is 9.04. The van der Waals surface area contributed by atoms with Crippen molar-refractivity contribution in [1.29, 1.82) is 0 Å². The number of amides is 2. The molecule has 26 heavy (non-hydrogen) atoms. The number of nitrogens with zero attached hydrogens (tertiary/aromatic N) is 2. The molecule has 0 unspecified atom stereocenters. The first-order chi connectivity index (χ1) is 12.4. The van der Waals surface area contributed by atoms with Crippen molar-refractivity contribution < 1.29 is 9.59 Å². The highest BCUT2D eigenvalue weighted by Crippen LogP contribution is 2.45. The normalized spacial score (nSPS) is 19.0. The van der Waals surface area contributed by atoms with Gasteiger partial charge < -0.3 is 9.80 Å². The first-order valence-electron chi connectivity index (χ1n) is 9.04. The fourth-order valence-corrected chi connectivity index (χ4v) is 3.74. The van der Waals surface area contributed by atoms with Crippen molar-refractivity contribution in [1.82, 2.24) is 4.90 Å². The lowest BCUT2D eigenvalue weighted by Crippen LogP contribution is -2.45. The lowest BCUT2D eigenvalue weighted by atomic mass is 9.73. The van der Waals surface area contributed by atoms with Crippen LogP contribution in [0.15, 0.2) is 54.6 Å². The van der Waals surface area contributed by atoms with E-state index in [1.807, 2.05) is 68.4 Å². The van der Waals surface area contributed by atoms with E-state index in [1.165, 1.54) is 0 Å². The standard InChI is InChI=1S/C22H26N2O2/c1-16(2)23(3)20(25)15-22(14-17-10-6-5-7-11-17)18-12-8-9-13-19(18)24(4)21(22)26/h5-13,16H,14-15H2,1-4H3/t22-/m1/s1. The lowest BCUT2D eigenvalue weighted by molar-refractivity contribution is -0.136. The van der Waals surface area contributed by atoms with Crippen LogP contribution in [0.1, 0.15) is 31.4 Å². The van der Waals surface area contributed by atoms with Crippen LogP contribution in [0.2, 0.25) is 0 Å². The van der Waals surface area contributed by atoms with Gasteiger partial charge in [-0.25, -0.2) is 0 Å². The average molecular weight is 350 g/mol. The van der Waals surface area contributed by atoms with Gasteiger partial charge in [-0.15, -0.1) is 0 Å². The molecule has 1 atom stereocenters. The quantitative estimate of drug-likeness (QED) is 0.829. The number of carbonyl (C=O) groups excluding carboxylic acids is 2. The Hall–Kier alpha value is -2.62. The summed E-state index contributed by atoms with van der Waals surface area (Å²) in [5.74, 6) is -0.0116. The van der Waals surface area contributed by atoms with Gasteiger partial charge in [-0.05, 0) is 37.5 Å². The SMILES string of the molecule is CC(C)N(C)C(=O)C[C@@]1(Cc2ccccc2)C(=O)N(C)c2ccccc21. The Balaban J connectivity index is 2.08. The summed E-state index contributed by atoms with van der Waals surface area (Å²) in [6.07, 6.45) is 0.697. The van der Waals surface area contributed by atoms with E-state index in [2.05, 4.69) is 0 Å². The Morgan fingerprint density at radius 2 is 1.69 bits per heavy atom. The summed E-state index contributed by atoms with van der Waals surface area (Å²) in [6.45, 7) is 3.97. The fraction of sp³-hybridized carbons (Fsp3) is 0.364. The maximum absolute atomic E-state index is 13.4. The van der Waals surface area contributed by atoms with Gasteiger partial charge in [-0.2, -0.15) is 0 Å². The van der Waals surface area contributed by atoms with Crippen molar-refractivity contribution in [3.63, 3.8) is 0 Å². The summed E-state index contributed by atoms with van der Waals surface area (Å²) >= 11 is 0. The van der Waals surface area contributed by atoms with Crippen molar-refractivity contribution in [2.24, 2.45) is 0 Å². The molecule has 0 N–H and O–H groups in total. The third kappa shape index (κ3) is 3.00. The summed E-state index contributed by atoms with van der Waals surface area (Å²) in [5, 5.41) is 0. The van der Waals surface area contributed by atoms with Gasteiger partial charge in [0.25, 0.3) is 0 Å². The number of para-hydroxylation sites is 1. The van der Waals surface area contributed by atoms with Gasteiger partial charge in [-0.3, -0.25) is 9.59 Å². The molecular weight excluding hydrogens is 324 g/mol. The van der Waals surface area contributed by atoms with Crippen molar-refractivity contribution in [2.75, 3.05) is 19.0 Å². The van der Waals surface area contributed by atoms with Gasteiger partial charge in [0, 0.05) is 32.2 Å². The van der Waals surface area contributed by atoms with Crippen LogP contribution >= 0.6 is 0 Å². The predicted octanol–water partition coefficient (Wildman–Crippen LogP) is 3.40. The molecule has 0 radical (unpaired) electrons. The number of likely N-dealkylation sites (N-methyl/N-ethyl adjacent to an activating group) is 1. The minimum atomic E-state index is -0.854. The second-order valence-corrected chi connectivity index (χ2v) is 7.40. The molecule has 3 rings (SSSR count). The molecule has 2 amide bonds. The zero-order valence-corrected chi connectivity index (χ0v) is 15.9. The third-order valence-corrected chi connectivity index (χ3v) is 5.46. The Kier molecular flexibility index (Phi) is 4.86. The second kappa shape index (κ2) is 6.94. The topological polar surface area (TPSA) is 40.6 Å². The molecule has 0 aliphatic carbocycles. The summed E-state index contributed by atoms with van der Waals surface area (Å²) in [7, 11) is 3.60. The Morgan fingerprint density at radius 3 is 2.35 bits per heavy atom. The van der Waals surface area contributed by atoms with Gasteiger partial charge in [-0.1, -0.05) is 48.5 Å².